The van der Waals surface area contributed by atoms with E-state index >= 15 is 0 Å². The summed E-state index contributed by atoms with van der Waals surface area (Å²) in [6.45, 7) is 5.80. The molecule has 190 valence electrons. The molecule has 0 bridgehead atoms. The van der Waals surface area contributed by atoms with Crippen molar-refractivity contribution < 1.29 is 9.53 Å². The van der Waals surface area contributed by atoms with Crippen molar-refractivity contribution in [2.75, 3.05) is 13.7 Å². The van der Waals surface area contributed by atoms with Crippen LogP contribution in [0, 0.1) is 0 Å². The Balaban J connectivity index is 1.75. The molecular weight excluding hydrogens is 446 g/mol. The van der Waals surface area contributed by atoms with Gasteiger partial charge >= 0.3 is 5.69 Å². The molecule has 0 saturated carbocycles. The number of aromatic nitrogens is 4. The number of carbonyl (C=O) groups is 1. The highest BCUT2D eigenvalue weighted by atomic mass is 16.5. The van der Waals surface area contributed by atoms with Crippen LogP contribution in [0.15, 0.2) is 33.9 Å². The van der Waals surface area contributed by atoms with Crippen LogP contribution in [0.2, 0.25) is 0 Å². The number of fused-ring (bicyclic) bond motifs is 1. The number of H-pyrrole nitrogens is 1. The van der Waals surface area contributed by atoms with Gasteiger partial charge in [-0.3, -0.25) is 19.1 Å². The number of nitrogens with zero attached hydrogens (tertiary/aromatic N) is 3. The van der Waals surface area contributed by atoms with Gasteiger partial charge in [0.05, 0.1) is 7.11 Å². The zero-order valence-electron chi connectivity index (χ0n) is 21.1. The first-order valence-corrected chi connectivity index (χ1v) is 12.6. The third kappa shape index (κ3) is 6.61. The van der Waals surface area contributed by atoms with Crippen LogP contribution in [-0.4, -0.2) is 38.7 Å². The van der Waals surface area contributed by atoms with E-state index in [1.165, 1.54) is 0 Å². The van der Waals surface area contributed by atoms with E-state index in [4.69, 9.17) is 9.72 Å². The Kier molecular flexibility index (Phi) is 9.69. The number of amides is 1. The van der Waals surface area contributed by atoms with Gasteiger partial charge in [-0.2, -0.15) is 0 Å². The summed E-state index contributed by atoms with van der Waals surface area (Å²) in [6, 6.07) is 7.76. The molecular formula is C26H37N5O4. The largest absolute Gasteiger partial charge is 0.496 e. The number of hydrogen-bond acceptors (Lipinski definition) is 5. The van der Waals surface area contributed by atoms with Crippen molar-refractivity contribution in [2.24, 2.45) is 0 Å². The summed E-state index contributed by atoms with van der Waals surface area (Å²) in [6.07, 6.45) is 6.02. The second-order valence-corrected chi connectivity index (χ2v) is 8.74. The standard InChI is InChI=1S/C26H37N5O4/c1-4-6-10-18-30-21(28-24-23(30)25(33)29-26(34)31(24)17-7-5-2)13-14-22(32)27-16-15-19-11-8-9-12-20(19)35-3/h8-9,11-12H,4-7,10,13-18H2,1-3H3,(H,27,32)(H,29,33,34). The maximum absolute atomic E-state index is 12.7. The van der Waals surface area contributed by atoms with Crippen LogP contribution in [0.5, 0.6) is 5.75 Å². The van der Waals surface area contributed by atoms with Crippen molar-refractivity contribution in [1.29, 1.82) is 0 Å². The molecule has 0 saturated heterocycles. The lowest BCUT2D eigenvalue weighted by Crippen LogP contribution is -2.31. The SMILES string of the molecule is CCCCCn1c(CCC(=O)NCCc2ccccc2OC)nc2c1c(=O)[nH]c(=O)n2CCCC. The molecule has 35 heavy (non-hydrogen) atoms. The van der Waals surface area contributed by atoms with E-state index in [2.05, 4.69) is 24.1 Å². The Morgan fingerprint density at radius 1 is 1.03 bits per heavy atom. The monoisotopic (exact) mass is 483 g/mol. The highest BCUT2D eigenvalue weighted by Crippen LogP contribution is 2.18. The molecule has 0 unspecified atom stereocenters. The second kappa shape index (κ2) is 12.9. The minimum Gasteiger partial charge on any atom is -0.496 e. The Morgan fingerprint density at radius 2 is 1.77 bits per heavy atom. The highest BCUT2D eigenvalue weighted by molar-refractivity contribution is 5.76. The van der Waals surface area contributed by atoms with E-state index in [0.29, 0.717) is 49.5 Å². The van der Waals surface area contributed by atoms with E-state index in [1.54, 1.807) is 11.7 Å². The minimum absolute atomic E-state index is 0.0793. The number of nitrogens with one attached hydrogen (secondary N) is 2. The maximum Gasteiger partial charge on any atom is 0.330 e. The van der Waals surface area contributed by atoms with Crippen LogP contribution in [0.3, 0.4) is 0 Å². The van der Waals surface area contributed by atoms with Gasteiger partial charge in [0, 0.05) is 32.5 Å². The van der Waals surface area contributed by atoms with Crippen LogP contribution in [0.4, 0.5) is 0 Å². The highest BCUT2D eigenvalue weighted by Gasteiger charge is 2.19. The first kappa shape index (κ1) is 26.2. The van der Waals surface area contributed by atoms with Crippen molar-refractivity contribution in [2.45, 2.75) is 78.3 Å². The summed E-state index contributed by atoms with van der Waals surface area (Å²) in [5, 5.41) is 2.96. The maximum atomic E-state index is 12.7. The molecule has 0 aliphatic heterocycles. The van der Waals surface area contributed by atoms with Gasteiger partial charge in [0.25, 0.3) is 5.56 Å². The van der Waals surface area contributed by atoms with Gasteiger partial charge in [-0.1, -0.05) is 51.3 Å². The number of aryl methyl sites for hydroxylation is 3. The molecule has 3 rings (SSSR count). The Labute approximate surface area is 205 Å². The fourth-order valence-electron chi connectivity index (χ4n) is 4.25. The zero-order chi connectivity index (χ0) is 25.2. The van der Waals surface area contributed by atoms with Crippen LogP contribution in [-0.2, 0) is 30.7 Å². The topological polar surface area (TPSA) is 111 Å². The lowest BCUT2D eigenvalue weighted by Gasteiger charge is -2.10. The molecule has 2 N–H and O–H groups in total. The number of benzene rings is 1. The lowest BCUT2D eigenvalue weighted by molar-refractivity contribution is -0.121. The first-order chi connectivity index (χ1) is 17.0. The number of imidazole rings is 1. The summed E-state index contributed by atoms with van der Waals surface area (Å²) >= 11 is 0. The summed E-state index contributed by atoms with van der Waals surface area (Å²) in [5.74, 6) is 1.39. The average Bonchev–Trinajstić information content (AvgIpc) is 3.21. The number of aromatic amines is 1. The molecule has 0 aliphatic rings. The molecule has 0 radical (unpaired) electrons. The van der Waals surface area contributed by atoms with E-state index in [9.17, 15) is 14.4 Å². The number of carbonyl (C=O) groups excluding carboxylic acids is 1. The fraction of sp³-hybridized carbons (Fsp3) is 0.538. The molecule has 0 spiro atoms. The molecule has 2 aromatic heterocycles. The van der Waals surface area contributed by atoms with Crippen LogP contribution >= 0.6 is 0 Å². The summed E-state index contributed by atoms with van der Waals surface area (Å²) in [7, 11) is 1.64. The number of para-hydroxylation sites is 1. The van der Waals surface area contributed by atoms with Gasteiger partial charge in [0.1, 0.15) is 11.6 Å². The van der Waals surface area contributed by atoms with Crippen molar-refractivity contribution in [3.8, 4) is 5.75 Å². The quantitative estimate of drug-likeness (QED) is 0.342. The van der Waals surface area contributed by atoms with Gasteiger partial charge in [-0.15, -0.1) is 0 Å². The Bertz CT molecular complexity index is 1240. The molecule has 0 fully saturated rings. The summed E-state index contributed by atoms with van der Waals surface area (Å²) in [4.78, 5) is 44.9. The predicted molar refractivity (Wildman–Crippen MR) is 137 cm³/mol. The number of rotatable bonds is 14. The van der Waals surface area contributed by atoms with E-state index in [-0.39, 0.29) is 12.3 Å². The van der Waals surface area contributed by atoms with Crippen LogP contribution in [0.1, 0.15) is 63.8 Å². The molecule has 2 heterocycles. The molecule has 1 amide bonds. The van der Waals surface area contributed by atoms with E-state index in [0.717, 1.165) is 43.4 Å². The van der Waals surface area contributed by atoms with E-state index < -0.39 is 11.2 Å². The number of unbranched alkanes of at least 4 members (excludes halogenated alkanes) is 3. The third-order valence-corrected chi connectivity index (χ3v) is 6.17. The summed E-state index contributed by atoms with van der Waals surface area (Å²) in [5.41, 5.74) is 1.01. The number of hydrogen-bond donors (Lipinski definition) is 2. The van der Waals surface area contributed by atoms with Crippen LogP contribution in [0.25, 0.3) is 11.2 Å². The second-order valence-electron chi connectivity index (χ2n) is 8.74. The molecule has 0 aliphatic carbocycles. The molecule has 3 aromatic rings. The molecule has 9 heteroatoms. The normalized spacial score (nSPS) is 11.2. The smallest absolute Gasteiger partial charge is 0.330 e. The van der Waals surface area contributed by atoms with Gasteiger partial charge in [-0.25, -0.2) is 9.78 Å². The molecule has 1 aromatic carbocycles. The fourth-order valence-corrected chi connectivity index (χ4v) is 4.25. The lowest BCUT2D eigenvalue weighted by atomic mass is 10.1. The predicted octanol–water partition coefficient (Wildman–Crippen LogP) is 3.18. The first-order valence-electron chi connectivity index (χ1n) is 12.6. The Morgan fingerprint density at radius 3 is 2.51 bits per heavy atom. The van der Waals surface area contributed by atoms with Crippen molar-refractivity contribution in [3.63, 3.8) is 0 Å². The van der Waals surface area contributed by atoms with Crippen LogP contribution < -0.4 is 21.3 Å². The average molecular weight is 484 g/mol. The third-order valence-electron chi connectivity index (χ3n) is 6.17. The van der Waals surface area contributed by atoms with E-state index in [1.807, 2.05) is 28.8 Å². The number of methoxy groups -OCH3 is 1. The van der Waals surface area contributed by atoms with Gasteiger partial charge in [0.15, 0.2) is 11.2 Å². The Hall–Kier alpha value is -3.36. The minimum atomic E-state index is -0.435. The van der Waals surface area contributed by atoms with Gasteiger partial charge in [0.2, 0.25) is 5.91 Å². The van der Waals surface area contributed by atoms with Gasteiger partial charge < -0.3 is 14.6 Å². The zero-order valence-corrected chi connectivity index (χ0v) is 21.1. The van der Waals surface area contributed by atoms with Crippen molar-refractivity contribution in [1.82, 2.24) is 24.4 Å². The molecule has 9 nitrogen and oxygen atoms in total. The van der Waals surface area contributed by atoms with Gasteiger partial charge in [-0.05, 0) is 30.9 Å². The molecule has 0 atom stereocenters. The van der Waals surface area contributed by atoms with Crippen molar-refractivity contribution in [3.05, 3.63) is 56.5 Å². The van der Waals surface area contributed by atoms with Crippen molar-refractivity contribution >= 4 is 17.1 Å². The summed E-state index contributed by atoms with van der Waals surface area (Å²) < 4.78 is 8.81. The number of ether oxygens (including phenoxy) is 1.